The number of halogens is 1. The van der Waals surface area contributed by atoms with E-state index in [1.807, 2.05) is 91.0 Å². The van der Waals surface area contributed by atoms with E-state index in [4.69, 9.17) is 11.6 Å². The lowest BCUT2D eigenvalue weighted by Crippen LogP contribution is -2.26. The molecule has 0 spiro atoms. The molecule has 186 valence electrons. The van der Waals surface area contributed by atoms with Crippen molar-refractivity contribution < 1.29 is 4.57 Å². The first-order valence-corrected chi connectivity index (χ1v) is 14.7. The number of aromatic nitrogens is 1. The molecule has 0 aliphatic carbocycles. The molecule has 5 aromatic carbocycles. The van der Waals surface area contributed by atoms with Gasteiger partial charge in [-0.2, -0.15) is 0 Å². The van der Waals surface area contributed by atoms with Gasteiger partial charge in [0.05, 0.1) is 5.69 Å². The Kier molecular flexibility index (Phi) is 6.32. The van der Waals surface area contributed by atoms with Crippen LogP contribution < -0.4 is 15.9 Å². The predicted octanol–water partition coefficient (Wildman–Crippen LogP) is 8.11. The second-order valence-electron chi connectivity index (χ2n) is 9.61. The van der Waals surface area contributed by atoms with Crippen molar-refractivity contribution in [1.29, 1.82) is 0 Å². The van der Waals surface area contributed by atoms with Crippen molar-refractivity contribution in [2.24, 2.45) is 7.05 Å². The van der Waals surface area contributed by atoms with E-state index in [-0.39, 0.29) is 0 Å². The Morgan fingerprint density at radius 2 is 1.26 bits per heavy atom. The van der Waals surface area contributed by atoms with Crippen LogP contribution in [0.4, 0.5) is 0 Å². The van der Waals surface area contributed by atoms with Crippen LogP contribution in [0.2, 0.25) is 5.02 Å². The van der Waals surface area contributed by atoms with Gasteiger partial charge in [0, 0.05) is 50.0 Å². The summed E-state index contributed by atoms with van der Waals surface area (Å²) in [5.74, 6) is 0. The topological polar surface area (TPSA) is 22.0 Å². The number of aryl methyl sites for hydroxylation is 2. The highest BCUT2D eigenvalue weighted by Crippen LogP contribution is 2.48. The molecule has 0 saturated heterocycles. The van der Waals surface area contributed by atoms with Gasteiger partial charge < -0.3 is 9.13 Å². The minimum Gasteiger partial charge on any atom is -0.343 e. The summed E-state index contributed by atoms with van der Waals surface area (Å²) in [6, 6.07) is 42.4. The first-order valence-electron chi connectivity index (χ1n) is 12.6. The zero-order chi connectivity index (χ0) is 26.3. The molecule has 0 atom stereocenters. The van der Waals surface area contributed by atoms with Crippen LogP contribution in [0.15, 0.2) is 127 Å². The minimum atomic E-state index is -3.21. The van der Waals surface area contributed by atoms with Crippen LogP contribution in [-0.2, 0) is 11.6 Å². The summed E-state index contributed by atoms with van der Waals surface area (Å²) in [6.07, 6.45) is 0. The Labute approximate surface area is 228 Å². The molecule has 4 heteroatoms. The third kappa shape index (κ3) is 4.02. The monoisotopic (exact) mass is 531 g/mol. The van der Waals surface area contributed by atoms with Gasteiger partial charge in [-0.1, -0.05) is 126 Å². The van der Waals surface area contributed by atoms with Crippen molar-refractivity contribution in [2.75, 3.05) is 0 Å². The number of nitrogens with zero attached hydrogens (tertiary/aromatic N) is 1. The smallest absolute Gasteiger partial charge is 0.171 e. The summed E-state index contributed by atoms with van der Waals surface area (Å²) in [5.41, 5.74) is 6.44. The molecule has 0 aliphatic rings. The summed E-state index contributed by atoms with van der Waals surface area (Å²) in [7, 11) is -1.13. The van der Waals surface area contributed by atoms with Gasteiger partial charge in [0.15, 0.2) is 7.14 Å². The number of benzene rings is 5. The third-order valence-corrected chi connectivity index (χ3v) is 10.6. The van der Waals surface area contributed by atoms with E-state index >= 15 is 4.57 Å². The lowest BCUT2D eigenvalue weighted by molar-refractivity contribution is 0.592. The van der Waals surface area contributed by atoms with Gasteiger partial charge in [-0.05, 0) is 30.7 Å². The lowest BCUT2D eigenvalue weighted by atomic mass is 9.97. The number of rotatable bonds is 5. The molecule has 0 saturated carbocycles. The van der Waals surface area contributed by atoms with Gasteiger partial charge in [-0.25, -0.2) is 0 Å². The molecule has 0 N–H and O–H groups in total. The van der Waals surface area contributed by atoms with Crippen LogP contribution in [0.25, 0.3) is 33.3 Å². The van der Waals surface area contributed by atoms with Crippen LogP contribution >= 0.6 is 18.7 Å². The SMILES string of the molecule is Cc1ccc(-c2c(-c3ccccc3P(=O)(c3ccccc3)c3ccccc3)n(C)c3ccc(Cl)cc23)cc1. The molecule has 6 rings (SSSR count). The molecular weight excluding hydrogens is 505 g/mol. The summed E-state index contributed by atoms with van der Waals surface area (Å²) in [4.78, 5) is 0. The molecule has 0 unspecified atom stereocenters. The maximum absolute atomic E-state index is 15.5. The quantitative estimate of drug-likeness (QED) is 0.206. The summed E-state index contributed by atoms with van der Waals surface area (Å²) in [6.45, 7) is 2.09. The number of hydrogen-bond donors (Lipinski definition) is 0. The van der Waals surface area contributed by atoms with Gasteiger partial charge in [-0.15, -0.1) is 0 Å². The average molecular weight is 532 g/mol. The molecule has 38 heavy (non-hydrogen) atoms. The van der Waals surface area contributed by atoms with E-state index < -0.39 is 7.14 Å². The summed E-state index contributed by atoms with van der Waals surface area (Å²) in [5, 5.41) is 4.22. The maximum atomic E-state index is 15.5. The van der Waals surface area contributed by atoms with Crippen molar-refractivity contribution >= 4 is 45.6 Å². The third-order valence-electron chi connectivity index (χ3n) is 7.24. The highest BCUT2D eigenvalue weighted by atomic mass is 35.5. The van der Waals surface area contributed by atoms with Crippen molar-refractivity contribution in [2.45, 2.75) is 6.92 Å². The highest BCUT2D eigenvalue weighted by molar-refractivity contribution is 7.85. The van der Waals surface area contributed by atoms with Crippen molar-refractivity contribution in [3.05, 3.63) is 138 Å². The van der Waals surface area contributed by atoms with Gasteiger partial charge in [0.1, 0.15) is 0 Å². The molecular formula is C34H27ClNOP. The highest BCUT2D eigenvalue weighted by Gasteiger charge is 2.33. The van der Waals surface area contributed by atoms with E-state index in [9.17, 15) is 0 Å². The van der Waals surface area contributed by atoms with Crippen LogP contribution in [0.5, 0.6) is 0 Å². The molecule has 1 heterocycles. The van der Waals surface area contributed by atoms with E-state index in [1.54, 1.807) is 0 Å². The van der Waals surface area contributed by atoms with E-state index in [2.05, 4.69) is 54.9 Å². The summed E-state index contributed by atoms with van der Waals surface area (Å²) >= 11 is 6.52. The lowest BCUT2D eigenvalue weighted by Gasteiger charge is -2.23. The fraction of sp³-hybridized carbons (Fsp3) is 0.0588. The Hall–Kier alpha value is -3.84. The average Bonchev–Trinajstić information content (AvgIpc) is 3.25. The molecule has 1 aromatic heterocycles. The zero-order valence-corrected chi connectivity index (χ0v) is 23.0. The molecule has 0 bridgehead atoms. The molecule has 0 radical (unpaired) electrons. The Morgan fingerprint density at radius 1 is 0.684 bits per heavy atom. The molecule has 6 aromatic rings. The second-order valence-corrected chi connectivity index (χ2v) is 12.8. The van der Waals surface area contributed by atoms with E-state index in [0.717, 1.165) is 49.2 Å². The van der Waals surface area contributed by atoms with Crippen LogP contribution in [0, 0.1) is 6.92 Å². The first-order chi connectivity index (χ1) is 18.5. The molecule has 0 amide bonds. The second kappa shape index (κ2) is 9.80. The predicted molar refractivity (Wildman–Crippen MR) is 163 cm³/mol. The number of hydrogen-bond acceptors (Lipinski definition) is 1. The van der Waals surface area contributed by atoms with Crippen LogP contribution in [0.3, 0.4) is 0 Å². The fourth-order valence-electron chi connectivity index (χ4n) is 5.40. The molecule has 0 fully saturated rings. The number of fused-ring (bicyclic) bond motifs is 1. The minimum absolute atomic E-state index is 0.690. The van der Waals surface area contributed by atoms with Crippen molar-refractivity contribution in [3.63, 3.8) is 0 Å². The van der Waals surface area contributed by atoms with Crippen molar-refractivity contribution in [3.8, 4) is 22.4 Å². The molecule has 0 aliphatic heterocycles. The fourth-order valence-corrected chi connectivity index (χ4v) is 8.42. The van der Waals surface area contributed by atoms with E-state index in [0.29, 0.717) is 5.02 Å². The summed E-state index contributed by atoms with van der Waals surface area (Å²) < 4.78 is 17.7. The standard InChI is InChI=1S/C34H27ClNOP/c1-24-17-19-25(20-18-24)33-30-23-26(35)21-22-31(30)36(2)34(33)29-15-9-10-16-32(29)38(37,27-11-5-3-6-12-27)28-13-7-4-8-14-28/h3-23H,1-2H3. The van der Waals surface area contributed by atoms with Gasteiger partial charge >= 0.3 is 0 Å². The Balaban J connectivity index is 1.73. The Morgan fingerprint density at radius 3 is 1.89 bits per heavy atom. The maximum Gasteiger partial charge on any atom is 0.171 e. The van der Waals surface area contributed by atoms with Crippen molar-refractivity contribution in [1.82, 2.24) is 4.57 Å². The van der Waals surface area contributed by atoms with Gasteiger partial charge in [-0.3, -0.25) is 0 Å². The van der Waals surface area contributed by atoms with Gasteiger partial charge in [0.2, 0.25) is 0 Å². The first kappa shape index (κ1) is 24.5. The zero-order valence-electron chi connectivity index (χ0n) is 21.3. The van der Waals surface area contributed by atoms with Crippen LogP contribution in [-0.4, -0.2) is 4.57 Å². The molecule has 2 nitrogen and oxygen atoms in total. The van der Waals surface area contributed by atoms with Crippen LogP contribution in [0.1, 0.15) is 5.56 Å². The van der Waals surface area contributed by atoms with E-state index in [1.165, 1.54) is 5.56 Å². The van der Waals surface area contributed by atoms with Gasteiger partial charge in [0.25, 0.3) is 0 Å². The largest absolute Gasteiger partial charge is 0.343 e. The normalized spacial score (nSPS) is 11.7. The Bertz CT molecular complexity index is 1760.